The first-order chi connectivity index (χ1) is 6.56. The van der Waals surface area contributed by atoms with Gasteiger partial charge in [0.05, 0.1) is 0 Å². The van der Waals surface area contributed by atoms with E-state index in [0.29, 0.717) is 5.56 Å². The molecule has 1 amide bonds. The lowest BCUT2D eigenvalue weighted by Gasteiger charge is -2.08. The Morgan fingerprint density at radius 3 is 2.64 bits per heavy atom. The molecule has 0 bridgehead atoms. The van der Waals surface area contributed by atoms with E-state index in [0.717, 1.165) is 11.3 Å². The van der Waals surface area contributed by atoms with E-state index in [9.17, 15) is 4.79 Å². The molecule has 0 saturated carbocycles. The smallest absolute Gasteiger partial charge is 0.267 e. The summed E-state index contributed by atoms with van der Waals surface area (Å²) in [4.78, 5) is 10.8. The maximum atomic E-state index is 10.8. The third kappa shape index (κ3) is 1.90. The molecule has 0 saturated heterocycles. The molecular weight excluding hydrogens is 178 g/mol. The molecule has 0 spiro atoms. The molecule has 4 nitrogen and oxygen atoms in total. The number of anilines is 1. The van der Waals surface area contributed by atoms with Crippen LogP contribution in [-0.2, 0) is 4.79 Å². The van der Waals surface area contributed by atoms with E-state index >= 15 is 0 Å². The zero-order valence-electron chi connectivity index (χ0n) is 8.22. The van der Waals surface area contributed by atoms with Crippen LogP contribution in [0.4, 0.5) is 5.69 Å². The Balaban J connectivity index is 3.23. The van der Waals surface area contributed by atoms with E-state index in [1.165, 1.54) is 0 Å². The van der Waals surface area contributed by atoms with E-state index in [1.54, 1.807) is 13.1 Å². The van der Waals surface area contributed by atoms with Crippen LogP contribution in [-0.4, -0.2) is 18.7 Å². The molecule has 0 aliphatic rings. The van der Waals surface area contributed by atoms with Crippen LogP contribution in [0.15, 0.2) is 18.2 Å². The van der Waals surface area contributed by atoms with Gasteiger partial charge in [0.25, 0.3) is 5.91 Å². The monoisotopic (exact) mass is 191 g/mol. The van der Waals surface area contributed by atoms with Crippen LogP contribution in [0.1, 0.15) is 11.1 Å². The number of hydrogen-bond acceptors (Lipinski definition) is 3. The van der Waals surface area contributed by atoms with Crippen LogP contribution in [0.25, 0.3) is 0 Å². The van der Waals surface area contributed by atoms with Crippen molar-refractivity contribution in [2.75, 3.05) is 12.4 Å². The molecule has 1 aromatic rings. The van der Waals surface area contributed by atoms with Gasteiger partial charge in [0.1, 0.15) is 5.71 Å². The van der Waals surface area contributed by atoms with Gasteiger partial charge in [0.15, 0.2) is 0 Å². The minimum atomic E-state index is -0.716. The summed E-state index contributed by atoms with van der Waals surface area (Å²) in [6.07, 6.45) is 0. The van der Waals surface area contributed by atoms with Gasteiger partial charge in [-0.15, -0.1) is 0 Å². The third-order valence-corrected chi connectivity index (χ3v) is 1.96. The molecule has 1 aromatic carbocycles. The third-order valence-electron chi connectivity index (χ3n) is 1.96. The van der Waals surface area contributed by atoms with Crippen LogP contribution in [0.5, 0.6) is 0 Å². The maximum absolute atomic E-state index is 10.8. The van der Waals surface area contributed by atoms with Crippen molar-refractivity contribution in [1.82, 2.24) is 0 Å². The van der Waals surface area contributed by atoms with Crippen molar-refractivity contribution in [3.05, 3.63) is 29.3 Å². The lowest BCUT2D eigenvalue weighted by atomic mass is 10.0. The summed E-state index contributed by atoms with van der Waals surface area (Å²) in [5.41, 5.74) is 7.15. The number of hydrogen-bond donors (Lipinski definition) is 3. The lowest BCUT2D eigenvalue weighted by molar-refractivity contribution is -0.112. The molecule has 0 aliphatic heterocycles. The summed E-state index contributed by atoms with van der Waals surface area (Å²) >= 11 is 0. The van der Waals surface area contributed by atoms with Crippen molar-refractivity contribution in [1.29, 1.82) is 5.41 Å². The molecule has 4 heteroatoms. The Hall–Kier alpha value is -1.84. The van der Waals surface area contributed by atoms with Gasteiger partial charge in [0, 0.05) is 18.3 Å². The van der Waals surface area contributed by atoms with Crippen LogP contribution in [0, 0.1) is 12.3 Å². The number of rotatable bonds is 3. The Kier molecular flexibility index (Phi) is 2.86. The summed E-state index contributed by atoms with van der Waals surface area (Å²) in [5.74, 6) is -0.716. The van der Waals surface area contributed by atoms with Gasteiger partial charge in [-0.3, -0.25) is 10.2 Å². The van der Waals surface area contributed by atoms with Crippen molar-refractivity contribution >= 4 is 17.3 Å². The SMILES string of the molecule is CNc1ccc(C)cc1C(=N)C(N)=O. The number of aryl methyl sites for hydroxylation is 1. The first kappa shape index (κ1) is 10.2. The molecule has 0 heterocycles. The highest BCUT2D eigenvalue weighted by atomic mass is 16.1. The van der Waals surface area contributed by atoms with E-state index < -0.39 is 5.91 Å². The Morgan fingerprint density at radius 1 is 1.50 bits per heavy atom. The second-order valence-electron chi connectivity index (χ2n) is 3.04. The topological polar surface area (TPSA) is 79.0 Å². The van der Waals surface area contributed by atoms with E-state index in [4.69, 9.17) is 11.1 Å². The van der Waals surface area contributed by atoms with Gasteiger partial charge in [0.2, 0.25) is 0 Å². The largest absolute Gasteiger partial charge is 0.388 e. The van der Waals surface area contributed by atoms with Crippen molar-refractivity contribution in [2.24, 2.45) is 5.73 Å². The molecule has 0 radical (unpaired) electrons. The molecular formula is C10H13N3O. The van der Waals surface area contributed by atoms with E-state index in [1.807, 2.05) is 19.1 Å². The van der Waals surface area contributed by atoms with Gasteiger partial charge in [-0.05, 0) is 19.1 Å². The first-order valence-corrected chi connectivity index (χ1v) is 4.23. The first-order valence-electron chi connectivity index (χ1n) is 4.23. The molecule has 74 valence electrons. The number of benzene rings is 1. The normalized spacial score (nSPS) is 9.57. The molecule has 0 unspecified atom stereocenters. The maximum Gasteiger partial charge on any atom is 0.267 e. The average Bonchev–Trinajstić information content (AvgIpc) is 2.16. The molecule has 0 fully saturated rings. The lowest BCUT2D eigenvalue weighted by Crippen LogP contribution is -2.24. The Bertz CT molecular complexity index is 385. The summed E-state index contributed by atoms with van der Waals surface area (Å²) in [5, 5.41) is 10.4. The Labute approximate surface area is 82.6 Å². The number of primary amides is 1. The van der Waals surface area contributed by atoms with Gasteiger partial charge >= 0.3 is 0 Å². The van der Waals surface area contributed by atoms with Gasteiger partial charge in [-0.25, -0.2) is 0 Å². The molecule has 0 aliphatic carbocycles. The predicted molar refractivity (Wildman–Crippen MR) is 56.7 cm³/mol. The van der Waals surface area contributed by atoms with Crippen molar-refractivity contribution < 1.29 is 4.79 Å². The number of carbonyl (C=O) groups is 1. The summed E-state index contributed by atoms with van der Waals surface area (Å²) < 4.78 is 0. The predicted octanol–water partition coefficient (Wildman–Crippen LogP) is 0.890. The quantitative estimate of drug-likeness (QED) is 0.620. The highest BCUT2D eigenvalue weighted by molar-refractivity contribution is 6.44. The van der Waals surface area contributed by atoms with E-state index in [2.05, 4.69) is 5.32 Å². The van der Waals surface area contributed by atoms with Crippen molar-refractivity contribution in [3.63, 3.8) is 0 Å². The second-order valence-corrected chi connectivity index (χ2v) is 3.04. The van der Waals surface area contributed by atoms with Crippen molar-refractivity contribution in [2.45, 2.75) is 6.92 Å². The van der Waals surface area contributed by atoms with Crippen molar-refractivity contribution in [3.8, 4) is 0 Å². The van der Waals surface area contributed by atoms with E-state index in [-0.39, 0.29) is 5.71 Å². The molecule has 4 N–H and O–H groups in total. The highest BCUT2D eigenvalue weighted by Crippen LogP contribution is 2.17. The van der Waals surface area contributed by atoms with Crippen LogP contribution >= 0.6 is 0 Å². The minimum absolute atomic E-state index is 0.168. The van der Waals surface area contributed by atoms with Crippen LogP contribution in [0.3, 0.4) is 0 Å². The van der Waals surface area contributed by atoms with Crippen LogP contribution in [0.2, 0.25) is 0 Å². The standard InChI is InChI=1S/C10H13N3O/c1-6-3-4-8(13-2)7(5-6)9(11)10(12)14/h3-5,11,13H,1-2H3,(H2,12,14). The van der Waals surface area contributed by atoms with Gasteiger partial charge in [-0.2, -0.15) is 0 Å². The summed E-state index contributed by atoms with van der Waals surface area (Å²) in [7, 11) is 1.74. The van der Waals surface area contributed by atoms with Crippen LogP contribution < -0.4 is 11.1 Å². The number of amides is 1. The second kappa shape index (κ2) is 3.91. The fourth-order valence-corrected chi connectivity index (χ4v) is 1.22. The van der Waals surface area contributed by atoms with Gasteiger partial charge < -0.3 is 11.1 Å². The number of nitrogens with two attached hydrogens (primary N) is 1. The average molecular weight is 191 g/mol. The minimum Gasteiger partial charge on any atom is -0.388 e. The zero-order chi connectivity index (χ0) is 10.7. The summed E-state index contributed by atoms with van der Waals surface area (Å²) in [6, 6.07) is 5.49. The molecule has 1 rings (SSSR count). The number of nitrogens with one attached hydrogen (secondary N) is 2. The molecule has 14 heavy (non-hydrogen) atoms. The fourth-order valence-electron chi connectivity index (χ4n) is 1.22. The fraction of sp³-hybridized carbons (Fsp3) is 0.200. The summed E-state index contributed by atoms with van der Waals surface area (Å²) in [6.45, 7) is 1.90. The molecule has 0 aromatic heterocycles. The Morgan fingerprint density at radius 2 is 2.14 bits per heavy atom. The molecule has 0 atom stereocenters. The number of carbonyl (C=O) groups excluding carboxylic acids is 1. The zero-order valence-corrected chi connectivity index (χ0v) is 8.22. The van der Waals surface area contributed by atoms with Gasteiger partial charge in [-0.1, -0.05) is 11.6 Å². The highest BCUT2D eigenvalue weighted by Gasteiger charge is 2.11.